The molecule has 0 aliphatic carbocycles. The summed E-state index contributed by atoms with van der Waals surface area (Å²) < 4.78 is 10.7. The van der Waals surface area contributed by atoms with Gasteiger partial charge in [0.25, 0.3) is 0 Å². The van der Waals surface area contributed by atoms with E-state index in [-0.39, 0.29) is 0 Å². The van der Waals surface area contributed by atoms with Crippen LogP contribution in [0.1, 0.15) is 25.3 Å². The van der Waals surface area contributed by atoms with Crippen molar-refractivity contribution in [3.05, 3.63) is 23.8 Å². The van der Waals surface area contributed by atoms with Gasteiger partial charge in [0.2, 0.25) is 6.79 Å². The van der Waals surface area contributed by atoms with Crippen molar-refractivity contribution in [1.82, 2.24) is 4.90 Å². The van der Waals surface area contributed by atoms with Gasteiger partial charge in [0, 0.05) is 6.04 Å². The van der Waals surface area contributed by atoms with Gasteiger partial charge in [0.15, 0.2) is 11.5 Å². The minimum atomic E-state index is 0.362. The molecular formula is C14H19NO2. The SMILES string of the molecule is CC(Cc1ccc2c(c1)OCO2)N1CCCC1. The van der Waals surface area contributed by atoms with E-state index >= 15 is 0 Å². The number of ether oxygens (including phenoxy) is 2. The number of hydrogen-bond acceptors (Lipinski definition) is 3. The first-order valence-corrected chi connectivity index (χ1v) is 6.45. The van der Waals surface area contributed by atoms with Crippen molar-refractivity contribution in [2.75, 3.05) is 19.9 Å². The van der Waals surface area contributed by atoms with Crippen LogP contribution in [0.15, 0.2) is 18.2 Å². The molecule has 3 nitrogen and oxygen atoms in total. The lowest BCUT2D eigenvalue weighted by molar-refractivity contribution is 0.174. The third kappa shape index (κ3) is 2.25. The number of hydrogen-bond donors (Lipinski definition) is 0. The molecule has 3 rings (SSSR count). The Kier molecular flexibility index (Phi) is 2.93. The smallest absolute Gasteiger partial charge is 0.231 e. The van der Waals surface area contributed by atoms with E-state index in [1.807, 2.05) is 6.07 Å². The Morgan fingerprint density at radius 3 is 2.76 bits per heavy atom. The van der Waals surface area contributed by atoms with Crippen LogP contribution in [0.2, 0.25) is 0 Å². The number of benzene rings is 1. The molecule has 1 unspecified atom stereocenters. The van der Waals surface area contributed by atoms with Gasteiger partial charge in [-0.15, -0.1) is 0 Å². The van der Waals surface area contributed by atoms with Gasteiger partial charge < -0.3 is 14.4 Å². The fourth-order valence-electron chi connectivity index (χ4n) is 2.72. The van der Waals surface area contributed by atoms with Gasteiger partial charge in [-0.25, -0.2) is 0 Å². The number of nitrogens with zero attached hydrogens (tertiary/aromatic N) is 1. The van der Waals surface area contributed by atoms with Crippen LogP contribution in [0.4, 0.5) is 0 Å². The molecule has 1 fully saturated rings. The molecule has 2 aliphatic heterocycles. The topological polar surface area (TPSA) is 21.7 Å². The average molecular weight is 233 g/mol. The molecule has 1 aromatic rings. The third-order valence-electron chi connectivity index (χ3n) is 3.73. The number of rotatable bonds is 3. The van der Waals surface area contributed by atoms with Crippen LogP contribution in [0.5, 0.6) is 11.5 Å². The zero-order chi connectivity index (χ0) is 11.7. The van der Waals surface area contributed by atoms with Crippen LogP contribution < -0.4 is 9.47 Å². The molecular weight excluding hydrogens is 214 g/mol. The largest absolute Gasteiger partial charge is 0.454 e. The summed E-state index contributed by atoms with van der Waals surface area (Å²) in [7, 11) is 0. The number of fused-ring (bicyclic) bond motifs is 1. The average Bonchev–Trinajstić information content (AvgIpc) is 2.99. The minimum absolute atomic E-state index is 0.362. The van der Waals surface area contributed by atoms with Crippen molar-refractivity contribution in [2.45, 2.75) is 32.2 Å². The first kappa shape index (κ1) is 10.9. The van der Waals surface area contributed by atoms with Crippen molar-refractivity contribution in [3.63, 3.8) is 0 Å². The number of likely N-dealkylation sites (tertiary alicyclic amines) is 1. The highest BCUT2D eigenvalue weighted by atomic mass is 16.7. The molecule has 3 heteroatoms. The highest BCUT2D eigenvalue weighted by molar-refractivity contribution is 5.44. The molecule has 0 saturated carbocycles. The fourth-order valence-corrected chi connectivity index (χ4v) is 2.72. The van der Waals surface area contributed by atoms with Gasteiger partial charge in [0.1, 0.15) is 0 Å². The summed E-state index contributed by atoms with van der Waals surface area (Å²) in [5.74, 6) is 1.78. The molecule has 1 aromatic carbocycles. The maximum Gasteiger partial charge on any atom is 0.231 e. The first-order chi connectivity index (χ1) is 8.33. The van der Waals surface area contributed by atoms with Crippen LogP contribution in [0, 0.1) is 0 Å². The van der Waals surface area contributed by atoms with Gasteiger partial charge in [-0.05, 0) is 57.0 Å². The summed E-state index contributed by atoms with van der Waals surface area (Å²) in [6.07, 6.45) is 3.80. The van der Waals surface area contributed by atoms with Crippen LogP contribution in [-0.2, 0) is 6.42 Å². The molecule has 92 valence electrons. The molecule has 17 heavy (non-hydrogen) atoms. The summed E-state index contributed by atoms with van der Waals surface area (Å²) in [4.78, 5) is 2.57. The lowest BCUT2D eigenvalue weighted by Crippen LogP contribution is -2.31. The van der Waals surface area contributed by atoms with Gasteiger partial charge >= 0.3 is 0 Å². The third-order valence-corrected chi connectivity index (χ3v) is 3.73. The van der Waals surface area contributed by atoms with Crippen LogP contribution in [0.3, 0.4) is 0 Å². The maximum absolute atomic E-state index is 5.41. The molecule has 0 radical (unpaired) electrons. The summed E-state index contributed by atoms with van der Waals surface area (Å²) in [5, 5.41) is 0. The normalized spacial score (nSPS) is 20.8. The minimum Gasteiger partial charge on any atom is -0.454 e. The van der Waals surface area contributed by atoms with E-state index in [4.69, 9.17) is 9.47 Å². The Bertz CT molecular complexity index is 399. The molecule has 2 aliphatic rings. The monoisotopic (exact) mass is 233 g/mol. The van der Waals surface area contributed by atoms with E-state index in [0.29, 0.717) is 12.8 Å². The van der Waals surface area contributed by atoms with E-state index in [1.54, 1.807) is 0 Å². The Balaban J connectivity index is 1.68. The highest BCUT2D eigenvalue weighted by Gasteiger charge is 2.19. The van der Waals surface area contributed by atoms with E-state index in [1.165, 1.54) is 31.5 Å². The molecule has 0 spiro atoms. The lowest BCUT2D eigenvalue weighted by Gasteiger charge is -2.23. The van der Waals surface area contributed by atoms with Gasteiger partial charge in [-0.3, -0.25) is 0 Å². The van der Waals surface area contributed by atoms with Gasteiger partial charge in [-0.2, -0.15) is 0 Å². The van der Waals surface area contributed by atoms with E-state index in [0.717, 1.165) is 17.9 Å². The van der Waals surface area contributed by atoms with Crippen LogP contribution >= 0.6 is 0 Å². The molecule has 1 atom stereocenters. The molecule has 1 saturated heterocycles. The predicted octanol–water partition coefficient (Wildman–Crippen LogP) is 2.44. The summed E-state index contributed by atoms with van der Waals surface area (Å²) in [5.41, 5.74) is 1.34. The zero-order valence-electron chi connectivity index (χ0n) is 10.3. The van der Waals surface area contributed by atoms with Gasteiger partial charge in [0.05, 0.1) is 0 Å². The second-order valence-corrected chi connectivity index (χ2v) is 4.98. The zero-order valence-corrected chi connectivity index (χ0v) is 10.3. The summed E-state index contributed by atoms with van der Waals surface area (Å²) in [6, 6.07) is 6.92. The summed E-state index contributed by atoms with van der Waals surface area (Å²) >= 11 is 0. The molecule has 0 N–H and O–H groups in total. The lowest BCUT2D eigenvalue weighted by atomic mass is 10.1. The highest BCUT2D eigenvalue weighted by Crippen LogP contribution is 2.33. The van der Waals surface area contributed by atoms with Crippen LogP contribution in [0.25, 0.3) is 0 Å². The van der Waals surface area contributed by atoms with E-state index in [9.17, 15) is 0 Å². The van der Waals surface area contributed by atoms with Crippen molar-refractivity contribution < 1.29 is 9.47 Å². The summed E-state index contributed by atoms with van der Waals surface area (Å²) in [6.45, 7) is 5.19. The molecule has 0 amide bonds. The Hall–Kier alpha value is -1.22. The maximum atomic E-state index is 5.41. The molecule has 2 heterocycles. The van der Waals surface area contributed by atoms with Crippen molar-refractivity contribution in [3.8, 4) is 11.5 Å². The molecule has 0 aromatic heterocycles. The van der Waals surface area contributed by atoms with Crippen molar-refractivity contribution >= 4 is 0 Å². The van der Waals surface area contributed by atoms with E-state index < -0.39 is 0 Å². The Morgan fingerprint density at radius 2 is 1.94 bits per heavy atom. The first-order valence-electron chi connectivity index (χ1n) is 6.45. The van der Waals surface area contributed by atoms with Crippen LogP contribution in [-0.4, -0.2) is 30.8 Å². The Labute approximate surface area is 102 Å². The molecule has 0 bridgehead atoms. The van der Waals surface area contributed by atoms with Crippen molar-refractivity contribution in [2.24, 2.45) is 0 Å². The quantitative estimate of drug-likeness (QED) is 0.800. The standard InChI is InChI=1S/C14H19NO2/c1-11(15-6-2-3-7-15)8-12-4-5-13-14(9-12)17-10-16-13/h4-5,9,11H,2-3,6-8,10H2,1H3. The second-order valence-electron chi connectivity index (χ2n) is 4.98. The fraction of sp³-hybridized carbons (Fsp3) is 0.571. The predicted molar refractivity (Wildman–Crippen MR) is 66.5 cm³/mol. The second kappa shape index (κ2) is 4.57. The van der Waals surface area contributed by atoms with Crippen molar-refractivity contribution in [1.29, 1.82) is 0 Å². The van der Waals surface area contributed by atoms with Gasteiger partial charge in [-0.1, -0.05) is 6.07 Å². The van der Waals surface area contributed by atoms with E-state index in [2.05, 4.69) is 24.0 Å². The Morgan fingerprint density at radius 1 is 1.18 bits per heavy atom.